The van der Waals surface area contributed by atoms with Crippen LogP contribution in [0.25, 0.3) is 0 Å². The van der Waals surface area contributed by atoms with Gasteiger partial charge in [-0.25, -0.2) is 4.98 Å². The molecule has 0 bridgehead atoms. The first-order chi connectivity index (χ1) is 12.8. The molecule has 1 aromatic heterocycles. The van der Waals surface area contributed by atoms with Crippen molar-refractivity contribution >= 4 is 35.1 Å². The van der Waals surface area contributed by atoms with Gasteiger partial charge in [0.25, 0.3) is 0 Å². The van der Waals surface area contributed by atoms with Gasteiger partial charge < -0.3 is 15.0 Å². The van der Waals surface area contributed by atoms with E-state index < -0.39 is 0 Å². The molecule has 1 aliphatic rings. The molecule has 1 aliphatic heterocycles. The van der Waals surface area contributed by atoms with Crippen LogP contribution in [-0.2, 0) is 4.79 Å². The van der Waals surface area contributed by atoms with Crippen molar-refractivity contribution in [2.24, 2.45) is 0 Å². The average molecular weight is 364 g/mol. The SMILES string of the molecule is O=CC1CC(Nc2ccccc2)N(c2ccccc2)c2nc(Cl)ccc21. The van der Waals surface area contributed by atoms with Crippen molar-refractivity contribution in [3.63, 3.8) is 0 Å². The number of hydrogen-bond donors (Lipinski definition) is 1. The Morgan fingerprint density at radius 3 is 2.38 bits per heavy atom. The molecule has 0 amide bonds. The Balaban J connectivity index is 1.82. The van der Waals surface area contributed by atoms with Crippen molar-refractivity contribution in [1.29, 1.82) is 0 Å². The van der Waals surface area contributed by atoms with Crippen molar-refractivity contribution < 1.29 is 4.79 Å². The van der Waals surface area contributed by atoms with E-state index in [0.29, 0.717) is 11.6 Å². The van der Waals surface area contributed by atoms with Gasteiger partial charge >= 0.3 is 0 Å². The Hall–Kier alpha value is -2.85. The highest BCUT2D eigenvalue weighted by atomic mass is 35.5. The van der Waals surface area contributed by atoms with E-state index in [1.165, 1.54) is 0 Å². The maximum Gasteiger partial charge on any atom is 0.140 e. The largest absolute Gasteiger partial charge is 0.365 e. The number of hydrogen-bond acceptors (Lipinski definition) is 4. The second-order valence-corrected chi connectivity index (χ2v) is 6.64. The topological polar surface area (TPSA) is 45.2 Å². The maximum absolute atomic E-state index is 11.7. The van der Waals surface area contributed by atoms with Gasteiger partial charge in [-0.15, -0.1) is 0 Å². The number of halogens is 1. The lowest BCUT2D eigenvalue weighted by Gasteiger charge is -2.40. The van der Waals surface area contributed by atoms with E-state index >= 15 is 0 Å². The molecule has 2 unspecified atom stereocenters. The van der Waals surface area contributed by atoms with E-state index in [1.54, 1.807) is 6.07 Å². The first-order valence-corrected chi connectivity index (χ1v) is 8.91. The molecule has 0 fully saturated rings. The van der Waals surface area contributed by atoms with Crippen LogP contribution in [-0.4, -0.2) is 17.4 Å². The van der Waals surface area contributed by atoms with Gasteiger partial charge in [0.15, 0.2) is 0 Å². The predicted octanol–water partition coefficient (Wildman–Crippen LogP) is 5.00. The Morgan fingerprint density at radius 1 is 1.00 bits per heavy atom. The molecule has 1 N–H and O–H groups in total. The van der Waals surface area contributed by atoms with Crippen LogP contribution in [0.4, 0.5) is 17.2 Å². The first kappa shape index (κ1) is 16.6. The van der Waals surface area contributed by atoms with E-state index in [0.717, 1.165) is 29.0 Å². The Morgan fingerprint density at radius 2 is 1.69 bits per heavy atom. The van der Waals surface area contributed by atoms with E-state index in [-0.39, 0.29) is 12.1 Å². The minimum atomic E-state index is -0.226. The number of aromatic nitrogens is 1. The minimum Gasteiger partial charge on any atom is -0.365 e. The fourth-order valence-electron chi connectivity index (χ4n) is 3.41. The summed E-state index contributed by atoms with van der Waals surface area (Å²) in [6.07, 6.45) is 1.52. The summed E-state index contributed by atoms with van der Waals surface area (Å²) >= 11 is 6.18. The second-order valence-electron chi connectivity index (χ2n) is 6.26. The molecule has 0 spiro atoms. The van der Waals surface area contributed by atoms with Crippen LogP contribution >= 0.6 is 11.6 Å². The zero-order valence-corrected chi connectivity index (χ0v) is 14.8. The van der Waals surface area contributed by atoms with Crippen LogP contribution in [0.3, 0.4) is 0 Å². The highest BCUT2D eigenvalue weighted by Crippen LogP contribution is 2.41. The molecule has 0 radical (unpaired) electrons. The highest BCUT2D eigenvalue weighted by molar-refractivity contribution is 6.29. The van der Waals surface area contributed by atoms with Crippen molar-refractivity contribution in [3.8, 4) is 0 Å². The fourth-order valence-corrected chi connectivity index (χ4v) is 3.55. The zero-order valence-electron chi connectivity index (χ0n) is 14.0. The van der Waals surface area contributed by atoms with Crippen LogP contribution < -0.4 is 10.2 Å². The molecule has 2 heterocycles. The number of para-hydroxylation sites is 2. The minimum absolute atomic E-state index is 0.117. The first-order valence-electron chi connectivity index (χ1n) is 8.54. The van der Waals surface area contributed by atoms with Gasteiger partial charge in [-0.2, -0.15) is 0 Å². The van der Waals surface area contributed by atoms with Gasteiger partial charge in [0.05, 0.1) is 0 Å². The smallest absolute Gasteiger partial charge is 0.140 e. The monoisotopic (exact) mass is 363 g/mol. The number of aldehydes is 1. The number of benzene rings is 2. The lowest BCUT2D eigenvalue weighted by Crippen LogP contribution is -2.43. The molecular weight excluding hydrogens is 346 g/mol. The van der Waals surface area contributed by atoms with Gasteiger partial charge in [0.2, 0.25) is 0 Å². The number of pyridine rings is 1. The van der Waals surface area contributed by atoms with E-state index in [2.05, 4.69) is 15.2 Å². The van der Waals surface area contributed by atoms with Crippen LogP contribution in [0, 0.1) is 0 Å². The molecule has 130 valence electrons. The predicted molar refractivity (Wildman–Crippen MR) is 105 cm³/mol. The highest BCUT2D eigenvalue weighted by Gasteiger charge is 2.34. The molecule has 0 saturated heterocycles. The molecular formula is C21H18ClN3O. The molecule has 2 aromatic carbocycles. The number of anilines is 3. The molecule has 5 heteroatoms. The third-order valence-corrected chi connectivity index (χ3v) is 4.80. The summed E-state index contributed by atoms with van der Waals surface area (Å²) in [5.74, 6) is 0.497. The normalized spacial score (nSPS) is 18.9. The number of fused-ring (bicyclic) bond motifs is 1. The summed E-state index contributed by atoms with van der Waals surface area (Å²) in [5.41, 5.74) is 2.90. The Labute approximate surface area is 157 Å². The van der Waals surface area contributed by atoms with Crippen molar-refractivity contribution in [2.45, 2.75) is 18.5 Å². The van der Waals surface area contributed by atoms with Crippen LogP contribution in [0.1, 0.15) is 17.9 Å². The van der Waals surface area contributed by atoms with Gasteiger partial charge in [-0.1, -0.05) is 54.1 Å². The summed E-state index contributed by atoms with van der Waals surface area (Å²) in [4.78, 5) is 18.4. The van der Waals surface area contributed by atoms with Gasteiger partial charge in [0, 0.05) is 29.3 Å². The Bertz CT molecular complexity index is 902. The van der Waals surface area contributed by atoms with Gasteiger partial charge in [0.1, 0.15) is 23.4 Å². The molecule has 2 atom stereocenters. The van der Waals surface area contributed by atoms with E-state index in [9.17, 15) is 4.79 Å². The Kier molecular flexibility index (Phi) is 4.59. The molecule has 26 heavy (non-hydrogen) atoms. The standard InChI is InChI=1S/C21H18ClN3O/c22-19-12-11-18-15(14-26)13-20(23-16-7-3-1-4-8-16)25(21(18)24-19)17-9-5-2-6-10-17/h1-12,14-15,20,23H,13H2. The molecule has 0 aliphatic carbocycles. The molecule has 0 saturated carbocycles. The lowest BCUT2D eigenvalue weighted by atomic mass is 9.91. The fraction of sp³-hybridized carbons (Fsp3) is 0.143. The zero-order chi connectivity index (χ0) is 17.9. The molecule has 4 nitrogen and oxygen atoms in total. The maximum atomic E-state index is 11.7. The number of nitrogens with one attached hydrogen (secondary N) is 1. The molecule has 4 rings (SSSR count). The summed E-state index contributed by atoms with van der Waals surface area (Å²) in [7, 11) is 0. The van der Waals surface area contributed by atoms with Crippen molar-refractivity contribution in [1.82, 2.24) is 4.98 Å². The number of carbonyl (C=O) groups excluding carboxylic acids is 1. The summed E-state index contributed by atoms with van der Waals surface area (Å²) in [6.45, 7) is 0. The number of nitrogens with zero attached hydrogens (tertiary/aromatic N) is 2. The second kappa shape index (κ2) is 7.18. The van der Waals surface area contributed by atoms with Crippen molar-refractivity contribution in [3.05, 3.63) is 83.5 Å². The average Bonchev–Trinajstić information content (AvgIpc) is 2.68. The summed E-state index contributed by atoms with van der Waals surface area (Å²) < 4.78 is 0. The van der Waals surface area contributed by atoms with E-state index in [4.69, 9.17) is 11.6 Å². The lowest BCUT2D eigenvalue weighted by molar-refractivity contribution is -0.109. The van der Waals surface area contributed by atoms with Crippen LogP contribution in [0.15, 0.2) is 72.8 Å². The number of rotatable bonds is 4. The third kappa shape index (κ3) is 3.16. The van der Waals surface area contributed by atoms with Gasteiger partial charge in [-0.3, -0.25) is 0 Å². The quantitative estimate of drug-likeness (QED) is 0.523. The van der Waals surface area contributed by atoms with Crippen LogP contribution in [0.2, 0.25) is 5.15 Å². The summed E-state index contributed by atoms with van der Waals surface area (Å²) in [6, 6.07) is 23.6. The third-order valence-electron chi connectivity index (χ3n) is 4.59. The number of carbonyl (C=O) groups is 1. The van der Waals surface area contributed by atoms with Gasteiger partial charge in [-0.05, 0) is 30.3 Å². The van der Waals surface area contributed by atoms with Crippen molar-refractivity contribution in [2.75, 3.05) is 10.2 Å². The summed E-state index contributed by atoms with van der Waals surface area (Å²) in [5, 5.41) is 3.95. The molecule has 3 aromatic rings. The van der Waals surface area contributed by atoms with Crippen LogP contribution in [0.5, 0.6) is 0 Å². The van der Waals surface area contributed by atoms with E-state index in [1.807, 2.05) is 66.7 Å².